The van der Waals surface area contributed by atoms with Crippen LogP contribution in [0.2, 0.25) is 0 Å². The van der Waals surface area contributed by atoms with Crippen molar-refractivity contribution in [2.75, 3.05) is 26.2 Å². The topological polar surface area (TPSA) is 70.2 Å². The Morgan fingerprint density at radius 1 is 1.38 bits per heavy atom. The van der Waals surface area contributed by atoms with Gasteiger partial charge in [0.1, 0.15) is 0 Å². The summed E-state index contributed by atoms with van der Waals surface area (Å²) in [7, 11) is 0. The molecule has 1 unspecified atom stereocenters. The summed E-state index contributed by atoms with van der Waals surface area (Å²) in [5, 5.41) is 8.68. The summed E-state index contributed by atoms with van der Waals surface area (Å²) in [5.41, 5.74) is -0.304. The van der Waals surface area contributed by atoms with Crippen LogP contribution in [0, 0.1) is 5.41 Å². The molecule has 16 heavy (non-hydrogen) atoms. The molecule has 1 aliphatic heterocycles. The highest BCUT2D eigenvalue weighted by Gasteiger charge is 2.35. The van der Waals surface area contributed by atoms with E-state index in [2.05, 4.69) is 16.0 Å². The summed E-state index contributed by atoms with van der Waals surface area (Å²) < 4.78 is 0. The molecule has 1 fully saturated rings. The van der Waals surface area contributed by atoms with E-state index in [0.717, 1.165) is 19.5 Å². The molecule has 0 aromatic carbocycles. The summed E-state index contributed by atoms with van der Waals surface area (Å²) in [4.78, 5) is 23.0. The van der Waals surface area contributed by atoms with E-state index in [4.69, 9.17) is 0 Å². The SMILES string of the molecule is CCNC(=O)CCNC(=O)C1(C)CCNC1. The first-order valence-electron chi connectivity index (χ1n) is 5.84. The van der Waals surface area contributed by atoms with Crippen molar-refractivity contribution in [2.24, 2.45) is 5.41 Å². The summed E-state index contributed by atoms with van der Waals surface area (Å²) in [6.07, 6.45) is 1.21. The number of carbonyl (C=O) groups is 2. The van der Waals surface area contributed by atoms with E-state index >= 15 is 0 Å². The molecular formula is C11H21N3O2. The maximum atomic E-state index is 11.8. The largest absolute Gasteiger partial charge is 0.356 e. The highest BCUT2D eigenvalue weighted by molar-refractivity contribution is 5.83. The minimum absolute atomic E-state index is 0.0162. The molecular weight excluding hydrogens is 206 g/mol. The molecule has 0 aromatic heterocycles. The smallest absolute Gasteiger partial charge is 0.227 e. The van der Waals surface area contributed by atoms with Crippen molar-refractivity contribution in [3.63, 3.8) is 0 Å². The van der Waals surface area contributed by atoms with Gasteiger partial charge in [0.25, 0.3) is 0 Å². The third-order valence-electron chi connectivity index (χ3n) is 2.93. The van der Waals surface area contributed by atoms with E-state index in [1.807, 2.05) is 13.8 Å². The lowest BCUT2D eigenvalue weighted by molar-refractivity contribution is -0.129. The Kier molecular flexibility index (Phi) is 4.73. The Balaban J connectivity index is 2.22. The molecule has 3 N–H and O–H groups in total. The average Bonchev–Trinajstić information content (AvgIpc) is 2.67. The van der Waals surface area contributed by atoms with Crippen LogP contribution in [0.1, 0.15) is 26.7 Å². The molecule has 0 radical (unpaired) electrons. The number of amides is 2. The van der Waals surface area contributed by atoms with Crippen molar-refractivity contribution in [1.82, 2.24) is 16.0 Å². The lowest BCUT2D eigenvalue weighted by atomic mass is 9.89. The third kappa shape index (κ3) is 3.48. The van der Waals surface area contributed by atoms with Gasteiger partial charge in [-0.3, -0.25) is 9.59 Å². The quantitative estimate of drug-likeness (QED) is 0.600. The molecule has 0 saturated carbocycles. The second-order valence-corrected chi connectivity index (χ2v) is 4.45. The molecule has 5 heteroatoms. The lowest BCUT2D eigenvalue weighted by Gasteiger charge is -2.21. The van der Waals surface area contributed by atoms with Crippen molar-refractivity contribution >= 4 is 11.8 Å². The minimum atomic E-state index is -0.304. The molecule has 0 bridgehead atoms. The van der Waals surface area contributed by atoms with Gasteiger partial charge in [-0.2, -0.15) is 0 Å². The predicted molar refractivity (Wildman–Crippen MR) is 61.9 cm³/mol. The van der Waals surface area contributed by atoms with E-state index in [1.54, 1.807) is 0 Å². The Morgan fingerprint density at radius 2 is 2.12 bits per heavy atom. The second kappa shape index (κ2) is 5.84. The van der Waals surface area contributed by atoms with Gasteiger partial charge >= 0.3 is 0 Å². The number of nitrogens with one attached hydrogen (secondary N) is 3. The van der Waals surface area contributed by atoms with Crippen molar-refractivity contribution < 1.29 is 9.59 Å². The number of carbonyl (C=O) groups excluding carboxylic acids is 2. The number of hydrogen-bond acceptors (Lipinski definition) is 3. The summed E-state index contributed by atoms with van der Waals surface area (Å²) >= 11 is 0. The zero-order valence-electron chi connectivity index (χ0n) is 10.1. The molecule has 1 saturated heterocycles. The maximum absolute atomic E-state index is 11.8. The fourth-order valence-electron chi connectivity index (χ4n) is 1.80. The molecule has 0 aromatic rings. The summed E-state index contributed by atoms with van der Waals surface area (Å²) in [6.45, 7) is 6.49. The van der Waals surface area contributed by atoms with Crippen molar-refractivity contribution in [2.45, 2.75) is 26.7 Å². The van der Waals surface area contributed by atoms with Gasteiger partial charge in [-0.05, 0) is 26.8 Å². The Morgan fingerprint density at radius 3 is 2.69 bits per heavy atom. The highest BCUT2D eigenvalue weighted by Crippen LogP contribution is 2.24. The van der Waals surface area contributed by atoms with Crippen LogP contribution in [0.4, 0.5) is 0 Å². The van der Waals surface area contributed by atoms with Crippen LogP contribution >= 0.6 is 0 Å². The zero-order chi connectivity index (χ0) is 12.0. The summed E-state index contributed by atoms with van der Waals surface area (Å²) in [5.74, 6) is 0.0271. The fourth-order valence-corrected chi connectivity index (χ4v) is 1.80. The fraction of sp³-hybridized carbons (Fsp3) is 0.818. The molecule has 5 nitrogen and oxygen atoms in total. The van der Waals surface area contributed by atoms with Crippen molar-refractivity contribution in [3.8, 4) is 0 Å². The molecule has 0 spiro atoms. The molecule has 1 aliphatic rings. The van der Waals surface area contributed by atoms with E-state index in [0.29, 0.717) is 19.5 Å². The van der Waals surface area contributed by atoms with Crippen molar-refractivity contribution in [3.05, 3.63) is 0 Å². The van der Waals surface area contributed by atoms with Gasteiger partial charge in [-0.1, -0.05) is 0 Å². The van der Waals surface area contributed by atoms with E-state index < -0.39 is 0 Å². The Hall–Kier alpha value is -1.10. The first-order chi connectivity index (χ1) is 7.58. The Bertz CT molecular complexity index is 260. The van der Waals surface area contributed by atoms with Gasteiger partial charge in [-0.15, -0.1) is 0 Å². The number of rotatable bonds is 5. The minimum Gasteiger partial charge on any atom is -0.356 e. The molecule has 92 valence electrons. The van der Waals surface area contributed by atoms with Crippen LogP contribution in [0.3, 0.4) is 0 Å². The monoisotopic (exact) mass is 227 g/mol. The first kappa shape index (κ1) is 13.0. The number of hydrogen-bond donors (Lipinski definition) is 3. The van der Waals surface area contributed by atoms with Gasteiger partial charge < -0.3 is 16.0 Å². The van der Waals surface area contributed by atoms with Crippen LogP contribution < -0.4 is 16.0 Å². The lowest BCUT2D eigenvalue weighted by Crippen LogP contribution is -2.41. The van der Waals surface area contributed by atoms with Gasteiger partial charge in [0, 0.05) is 26.1 Å². The van der Waals surface area contributed by atoms with Crippen LogP contribution in [-0.4, -0.2) is 38.0 Å². The third-order valence-corrected chi connectivity index (χ3v) is 2.93. The predicted octanol–water partition coefficient (Wildman–Crippen LogP) is -0.372. The Labute approximate surface area is 96.4 Å². The van der Waals surface area contributed by atoms with Gasteiger partial charge in [-0.25, -0.2) is 0 Å². The van der Waals surface area contributed by atoms with Crippen LogP contribution in [0.5, 0.6) is 0 Å². The normalized spacial score (nSPS) is 24.1. The molecule has 0 aliphatic carbocycles. The maximum Gasteiger partial charge on any atom is 0.227 e. The van der Waals surface area contributed by atoms with Gasteiger partial charge in [0.15, 0.2) is 0 Å². The van der Waals surface area contributed by atoms with Crippen LogP contribution in [-0.2, 0) is 9.59 Å². The second-order valence-electron chi connectivity index (χ2n) is 4.45. The molecule has 2 amide bonds. The molecule has 1 rings (SSSR count). The van der Waals surface area contributed by atoms with E-state index in [-0.39, 0.29) is 17.2 Å². The van der Waals surface area contributed by atoms with Gasteiger partial charge in [0.2, 0.25) is 11.8 Å². The molecule has 1 atom stereocenters. The van der Waals surface area contributed by atoms with Crippen LogP contribution in [0.25, 0.3) is 0 Å². The van der Waals surface area contributed by atoms with E-state index in [1.165, 1.54) is 0 Å². The van der Waals surface area contributed by atoms with Crippen molar-refractivity contribution in [1.29, 1.82) is 0 Å². The zero-order valence-corrected chi connectivity index (χ0v) is 10.1. The first-order valence-corrected chi connectivity index (χ1v) is 5.84. The van der Waals surface area contributed by atoms with Gasteiger partial charge in [0.05, 0.1) is 5.41 Å². The molecule has 1 heterocycles. The highest BCUT2D eigenvalue weighted by atomic mass is 16.2. The summed E-state index contributed by atoms with van der Waals surface area (Å²) in [6, 6.07) is 0. The van der Waals surface area contributed by atoms with Crippen LogP contribution in [0.15, 0.2) is 0 Å². The average molecular weight is 227 g/mol. The van der Waals surface area contributed by atoms with E-state index in [9.17, 15) is 9.59 Å². The standard InChI is InChI=1S/C11H21N3O2/c1-3-13-9(15)4-6-14-10(16)11(2)5-7-12-8-11/h12H,3-8H2,1-2H3,(H,13,15)(H,14,16).